The molecule has 0 aromatic rings. The van der Waals surface area contributed by atoms with Crippen LogP contribution < -0.4 is 5.32 Å². The first-order chi connectivity index (χ1) is 4.35. The van der Waals surface area contributed by atoms with Crippen LogP contribution in [0, 0.1) is 6.07 Å². The SMILES string of the molecule is CC[C@@H](C#[N+]C)NC=O. The van der Waals surface area contributed by atoms with Gasteiger partial charge in [0, 0.05) is 0 Å². The van der Waals surface area contributed by atoms with Crippen LogP contribution in [0.5, 0.6) is 0 Å². The average Bonchev–Trinajstić information content (AvgIpc) is 1.88. The molecule has 0 bridgehead atoms. The molecule has 0 aliphatic rings. The summed E-state index contributed by atoms with van der Waals surface area (Å²) in [6, 6.07) is 2.69. The van der Waals surface area contributed by atoms with Crippen molar-refractivity contribution in [2.24, 2.45) is 0 Å². The second-order valence-corrected chi connectivity index (χ2v) is 1.60. The highest BCUT2D eigenvalue weighted by atomic mass is 16.1. The molecule has 1 atom stereocenters. The lowest BCUT2D eigenvalue weighted by Crippen LogP contribution is -2.24. The molecule has 0 spiro atoms. The average molecular weight is 127 g/mol. The molecule has 3 heteroatoms. The molecule has 50 valence electrons. The number of carbonyl (C=O) groups excluding carboxylic acids is 1. The van der Waals surface area contributed by atoms with Crippen LogP contribution >= 0.6 is 0 Å². The summed E-state index contributed by atoms with van der Waals surface area (Å²) < 4.78 is 0. The molecule has 0 radical (unpaired) electrons. The van der Waals surface area contributed by atoms with Crippen LogP contribution in [-0.2, 0) is 4.79 Å². The van der Waals surface area contributed by atoms with Gasteiger partial charge in [-0.3, -0.25) is 4.79 Å². The zero-order chi connectivity index (χ0) is 7.11. The van der Waals surface area contributed by atoms with Crippen LogP contribution in [0.3, 0.4) is 0 Å². The van der Waals surface area contributed by atoms with Gasteiger partial charge in [0.15, 0.2) is 6.04 Å². The van der Waals surface area contributed by atoms with Crippen molar-refractivity contribution < 1.29 is 4.79 Å². The molecule has 1 amide bonds. The van der Waals surface area contributed by atoms with Crippen LogP contribution in [0.2, 0.25) is 0 Å². The Morgan fingerprint density at radius 2 is 2.56 bits per heavy atom. The van der Waals surface area contributed by atoms with Crippen molar-refractivity contribution in [3.8, 4) is 6.07 Å². The van der Waals surface area contributed by atoms with Crippen LogP contribution in [0.4, 0.5) is 0 Å². The Morgan fingerprint density at radius 1 is 1.89 bits per heavy atom. The Bertz CT molecular complexity index is 134. The first-order valence-electron chi connectivity index (χ1n) is 2.89. The van der Waals surface area contributed by atoms with Crippen LogP contribution in [0.25, 0.3) is 4.85 Å². The van der Waals surface area contributed by atoms with Gasteiger partial charge in [-0.15, -0.1) is 0 Å². The second-order valence-electron chi connectivity index (χ2n) is 1.60. The van der Waals surface area contributed by atoms with Gasteiger partial charge in [-0.1, -0.05) is 11.8 Å². The molecule has 0 aliphatic heterocycles. The van der Waals surface area contributed by atoms with E-state index in [-0.39, 0.29) is 6.04 Å². The Labute approximate surface area is 54.9 Å². The van der Waals surface area contributed by atoms with Gasteiger partial charge in [0.1, 0.15) is 0 Å². The Hall–Kier alpha value is -1.04. The van der Waals surface area contributed by atoms with Crippen molar-refractivity contribution in [2.45, 2.75) is 19.4 Å². The van der Waals surface area contributed by atoms with Crippen LogP contribution in [0.15, 0.2) is 0 Å². The first kappa shape index (κ1) is 7.96. The van der Waals surface area contributed by atoms with Gasteiger partial charge in [-0.25, -0.2) is 0 Å². The van der Waals surface area contributed by atoms with Crippen molar-refractivity contribution in [2.75, 3.05) is 7.05 Å². The molecule has 0 aromatic heterocycles. The maximum absolute atomic E-state index is 9.86. The summed E-state index contributed by atoms with van der Waals surface area (Å²) in [5, 5.41) is 2.55. The van der Waals surface area contributed by atoms with E-state index in [1.807, 2.05) is 6.92 Å². The molecule has 0 aliphatic carbocycles. The second kappa shape index (κ2) is 5.10. The summed E-state index contributed by atoms with van der Waals surface area (Å²) in [5.41, 5.74) is 0. The third kappa shape index (κ3) is 3.53. The summed E-state index contributed by atoms with van der Waals surface area (Å²) >= 11 is 0. The Kier molecular flexibility index (Phi) is 4.51. The zero-order valence-electron chi connectivity index (χ0n) is 5.72. The van der Waals surface area contributed by atoms with Gasteiger partial charge in [-0.2, -0.15) is 0 Å². The summed E-state index contributed by atoms with van der Waals surface area (Å²) in [6.45, 7) is 1.96. The van der Waals surface area contributed by atoms with Crippen molar-refractivity contribution >= 4 is 6.41 Å². The normalized spacial score (nSPS) is 10.9. The fourth-order valence-corrected chi connectivity index (χ4v) is 0.484. The van der Waals surface area contributed by atoms with E-state index in [0.29, 0.717) is 6.41 Å². The molecular formula is C6H11N2O+. The molecule has 0 unspecified atom stereocenters. The third-order valence-corrected chi connectivity index (χ3v) is 0.962. The molecule has 0 saturated carbocycles. The maximum atomic E-state index is 9.86. The molecule has 0 aromatic carbocycles. The van der Waals surface area contributed by atoms with Crippen molar-refractivity contribution in [3.05, 3.63) is 4.85 Å². The van der Waals surface area contributed by atoms with Gasteiger partial charge in [0.2, 0.25) is 6.41 Å². The standard InChI is InChI=1S/C6H10N2O/c1-3-6(4-7-2)8-5-9/h5-6H,3H2,1-2H3/p+1/t6-/m0/s1. The van der Waals surface area contributed by atoms with Crippen molar-refractivity contribution in [1.29, 1.82) is 0 Å². The van der Waals surface area contributed by atoms with E-state index in [2.05, 4.69) is 16.2 Å². The number of hydrogen-bond donors (Lipinski definition) is 1. The fraction of sp³-hybridized carbons (Fsp3) is 0.667. The van der Waals surface area contributed by atoms with Gasteiger partial charge in [-0.05, 0) is 6.42 Å². The number of nitrogens with one attached hydrogen (secondary N) is 1. The minimum Gasteiger partial charge on any atom is -0.339 e. The van der Waals surface area contributed by atoms with Gasteiger partial charge < -0.3 is 5.32 Å². The largest absolute Gasteiger partial charge is 0.339 e. The van der Waals surface area contributed by atoms with Gasteiger partial charge in [0.05, 0.1) is 0 Å². The van der Waals surface area contributed by atoms with Crippen molar-refractivity contribution in [3.63, 3.8) is 0 Å². The molecule has 0 saturated heterocycles. The molecular weight excluding hydrogens is 116 g/mol. The smallest absolute Gasteiger partial charge is 0.297 e. The quantitative estimate of drug-likeness (QED) is 0.549. The maximum Gasteiger partial charge on any atom is 0.297 e. The highest BCUT2D eigenvalue weighted by molar-refractivity contribution is 5.47. The zero-order valence-corrected chi connectivity index (χ0v) is 5.72. The molecule has 3 nitrogen and oxygen atoms in total. The molecule has 0 fully saturated rings. The lowest BCUT2D eigenvalue weighted by Gasteiger charge is -1.96. The van der Waals surface area contributed by atoms with Crippen molar-refractivity contribution in [1.82, 2.24) is 5.32 Å². The number of carbonyl (C=O) groups is 1. The monoisotopic (exact) mass is 127 g/mol. The number of rotatable bonds is 3. The third-order valence-electron chi connectivity index (χ3n) is 0.962. The molecule has 0 rings (SSSR count). The highest BCUT2D eigenvalue weighted by Gasteiger charge is 2.03. The minimum atomic E-state index is -0.0208. The van der Waals surface area contributed by atoms with Crippen LogP contribution in [-0.4, -0.2) is 19.5 Å². The van der Waals surface area contributed by atoms with E-state index in [4.69, 9.17) is 0 Å². The molecule has 9 heavy (non-hydrogen) atoms. The van der Waals surface area contributed by atoms with Gasteiger partial charge >= 0.3 is 0 Å². The summed E-state index contributed by atoms with van der Waals surface area (Å²) in [7, 11) is 1.63. The first-order valence-corrected chi connectivity index (χ1v) is 2.89. The number of amides is 1. The lowest BCUT2D eigenvalue weighted by atomic mass is 10.3. The summed E-state index contributed by atoms with van der Waals surface area (Å²) in [6.07, 6.45) is 1.49. The van der Waals surface area contributed by atoms with E-state index in [1.54, 1.807) is 7.05 Å². The highest BCUT2D eigenvalue weighted by Crippen LogP contribution is 1.85. The predicted molar refractivity (Wildman–Crippen MR) is 36.4 cm³/mol. The van der Waals surface area contributed by atoms with E-state index in [0.717, 1.165) is 6.42 Å². The Balaban J connectivity index is 3.62. The number of nitrogens with zero attached hydrogens (tertiary/aromatic N) is 1. The van der Waals surface area contributed by atoms with E-state index < -0.39 is 0 Å². The predicted octanol–water partition coefficient (Wildman–Crippen LogP) is 0.474. The molecule has 1 N–H and O–H groups in total. The Morgan fingerprint density at radius 3 is 2.89 bits per heavy atom. The number of hydrogen-bond acceptors (Lipinski definition) is 1. The van der Waals surface area contributed by atoms with Crippen LogP contribution in [0.1, 0.15) is 13.3 Å². The van der Waals surface area contributed by atoms with E-state index in [9.17, 15) is 4.79 Å². The molecule has 0 heterocycles. The lowest BCUT2D eigenvalue weighted by molar-refractivity contribution is -0.109. The van der Waals surface area contributed by atoms with Gasteiger partial charge in [0.25, 0.3) is 13.1 Å². The van der Waals surface area contributed by atoms with E-state index >= 15 is 0 Å². The summed E-state index contributed by atoms with van der Waals surface area (Å²) in [5.74, 6) is 0. The topological polar surface area (TPSA) is 33.5 Å². The van der Waals surface area contributed by atoms with E-state index in [1.165, 1.54) is 0 Å². The fourth-order valence-electron chi connectivity index (χ4n) is 0.484. The minimum absolute atomic E-state index is 0.0208. The summed E-state index contributed by atoms with van der Waals surface area (Å²) in [4.78, 5) is 13.5.